The second-order valence-electron chi connectivity index (χ2n) is 4.51. The molecule has 0 aliphatic carbocycles. The topological polar surface area (TPSA) is 58.6 Å². The van der Waals surface area contributed by atoms with Gasteiger partial charge in [-0.05, 0) is 31.5 Å². The van der Waals surface area contributed by atoms with E-state index in [2.05, 4.69) is 12.2 Å². The van der Waals surface area contributed by atoms with Crippen molar-refractivity contribution in [1.82, 2.24) is 0 Å². The lowest BCUT2D eigenvalue weighted by Crippen LogP contribution is -2.20. The summed E-state index contributed by atoms with van der Waals surface area (Å²) in [4.78, 5) is 10.8. The molecule has 2 unspecified atom stereocenters. The number of carbonyl (C=O) groups is 1. The number of benzene rings is 1. The van der Waals surface area contributed by atoms with Crippen LogP contribution in [-0.2, 0) is 4.74 Å². The van der Waals surface area contributed by atoms with Crippen molar-refractivity contribution in [2.24, 2.45) is 5.92 Å². The SMILES string of the molecule is CC1OCCC1CNc1ccc(C(=O)O)c(Cl)c1. The lowest BCUT2D eigenvalue weighted by molar-refractivity contribution is 0.0697. The van der Waals surface area contributed by atoms with Gasteiger partial charge < -0.3 is 15.2 Å². The lowest BCUT2D eigenvalue weighted by Gasteiger charge is -2.16. The molecule has 1 fully saturated rings. The molecule has 0 saturated carbocycles. The first-order chi connectivity index (χ1) is 8.58. The van der Waals surface area contributed by atoms with Crippen LogP contribution in [0.3, 0.4) is 0 Å². The lowest BCUT2D eigenvalue weighted by atomic mass is 10.0. The van der Waals surface area contributed by atoms with Crippen LogP contribution in [0, 0.1) is 5.92 Å². The molecule has 1 aliphatic rings. The molecule has 0 bridgehead atoms. The molecule has 0 spiro atoms. The van der Waals surface area contributed by atoms with E-state index in [-0.39, 0.29) is 16.7 Å². The fourth-order valence-electron chi connectivity index (χ4n) is 2.09. The molecule has 2 N–H and O–H groups in total. The zero-order chi connectivity index (χ0) is 13.1. The van der Waals surface area contributed by atoms with Crippen LogP contribution >= 0.6 is 11.6 Å². The van der Waals surface area contributed by atoms with Gasteiger partial charge in [-0.1, -0.05) is 11.6 Å². The van der Waals surface area contributed by atoms with Gasteiger partial charge in [-0.3, -0.25) is 0 Å². The summed E-state index contributed by atoms with van der Waals surface area (Å²) in [5.41, 5.74) is 0.962. The average molecular weight is 270 g/mol. The number of rotatable bonds is 4. The second-order valence-corrected chi connectivity index (χ2v) is 4.91. The van der Waals surface area contributed by atoms with Crippen molar-refractivity contribution in [1.29, 1.82) is 0 Å². The smallest absolute Gasteiger partial charge is 0.337 e. The quantitative estimate of drug-likeness (QED) is 0.882. The minimum Gasteiger partial charge on any atom is -0.478 e. The largest absolute Gasteiger partial charge is 0.478 e. The van der Waals surface area contributed by atoms with Gasteiger partial charge in [0.25, 0.3) is 0 Å². The third-order valence-electron chi connectivity index (χ3n) is 3.30. The van der Waals surface area contributed by atoms with Crippen molar-refractivity contribution in [3.8, 4) is 0 Å². The molecule has 18 heavy (non-hydrogen) atoms. The third-order valence-corrected chi connectivity index (χ3v) is 3.61. The summed E-state index contributed by atoms with van der Waals surface area (Å²) in [6, 6.07) is 4.89. The van der Waals surface area contributed by atoms with E-state index < -0.39 is 5.97 Å². The van der Waals surface area contributed by atoms with Crippen molar-refractivity contribution in [3.63, 3.8) is 0 Å². The van der Waals surface area contributed by atoms with E-state index in [0.717, 1.165) is 25.3 Å². The van der Waals surface area contributed by atoms with Crippen LogP contribution < -0.4 is 5.32 Å². The van der Waals surface area contributed by atoms with Gasteiger partial charge >= 0.3 is 5.97 Å². The van der Waals surface area contributed by atoms with Crippen molar-refractivity contribution in [2.75, 3.05) is 18.5 Å². The summed E-state index contributed by atoms with van der Waals surface area (Å²) in [7, 11) is 0. The van der Waals surface area contributed by atoms with E-state index in [1.807, 2.05) is 0 Å². The second kappa shape index (κ2) is 5.59. The first kappa shape index (κ1) is 13.2. The van der Waals surface area contributed by atoms with E-state index in [9.17, 15) is 4.79 Å². The Morgan fingerprint density at radius 1 is 1.61 bits per heavy atom. The molecule has 0 amide bonds. The van der Waals surface area contributed by atoms with E-state index in [1.54, 1.807) is 12.1 Å². The number of ether oxygens (including phenoxy) is 1. The fourth-order valence-corrected chi connectivity index (χ4v) is 2.35. The van der Waals surface area contributed by atoms with Gasteiger partial charge in [0.1, 0.15) is 0 Å². The number of hydrogen-bond acceptors (Lipinski definition) is 3. The van der Waals surface area contributed by atoms with Crippen molar-refractivity contribution >= 4 is 23.3 Å². The van der Waals surface area contributed by atoms with Gasteiger partial charge in [0.15, 0.2) is 0 Å². The molecule has 0 aromatic heterocycles. The molecule has 1 saturated heterocycles. The maximum absolute atomic E-state index is 10.8. The highest BCUT2D eigenvalue weighted by atomic mass is 35.5. The molecule has 5 heteroatoms. The number of hydrogen-bond donors (Lipinski definition) is 2. The molecule has 1 aromatic rings. The first-order valence-electron chi connectivity index (χ1n) is 5.96. The monoisotopic (exact) mass is 269 g/mol. The minimum atomic E-state index is -1.01. The highest BCUT2D eigenvalue weighted by Gasteiger charge is 2.23. The molecule has 98 valence electrons. The van der Waals surface area contributed by atoms with Gasteiger partial charge in [-0.25, -0.2) is 4.79 Å². The molecule has 1 aromatic carbocycles. The molecular weight excluding hydrogens is 254 g/mol. The summed E-state index contributed by atoms with van der Waals surface area (Å²) in [6.07, 6.45) is 1.32. The van der Waals surface area contributed by atoms with Crippen molar-refractivity contribution in [2.45, 2.75) is 19.4 Å². The standard InChI is InChI=1S/C13H16ClNO3/c1-8-9(4-5-18-8)7-15-10-2-3-11(13(16)17)12(14)6-10/h2-3,6,8-9,15H,4-5,7H2,1H3,(H,16,17). The summed E-state index contributed by atoms with van der Waals surface area (Å²) >= 11 is 5.90. The Kier molecular flexibility index (Phi) is 4.09. The predicted octanol–water partition coefficient (Wildman–Crippen LogP) is 2.88. The van der Waals surface area contributed by atoms with Crippen LogP contribution in [0.1, 0.15) is 23.7 Å². The summed E-state index contributed by atoms with van der Waals surface area (Å²) in [5.74, 6) is -0.521. The third kappa shape index (κ3) is 2.94. The number of carboxylic acid groups (broad SMARTS) is 1. The normalized spacial score (nSPS) is 23.0. The molecule has 2 atom stereocenters. The molecular formula is C13H16ClNO3. The van der Waals surface area contributed by atoms with Crippen molar-refractivity contribution in [3.05, 3.63) is 28.8 Å². The Labute approximate surface area is 111 Å². The van der Waals surface area contributed by atoms with Gasteiger partial charge in [0.05, 0.1) is 16.7 Å². The van der Waals surface area contributed by atoms with Crippen LogP contribution in [0.5, 0.6) is 0 Å². The Morgan fingerprint density at radius 2 is 2.39 bits per heavy atom. The zero-order valence-corrected chi connectivity index (χ0v) is 10.9. The maximum atomic E-state index is 10.8. The number of halogens is 1. The Hall–Kier alpha value is -1.26. The Morgan fingerprint density at radius 3 is 2.94 bits per heavy atom. The van der Waals surface area contributed by atoms with E-state index in [1.165, 1.54) is 6.07 Å². The van der Waals surface area contributed by atoms with Gasteiger partial charge in [-0.2, -0.15) is 0 Å². The summed E-state index contributed by atoms with van der Waals surface area (Å²) in [6.45, 7) is 3.69. The summed E-state index contributed by atoms with van der Waals surface area (Å²) in [5, 5.41) is 12.4. The average Bonchev–Trinajstić information content (AvgIpc) is 2.72. The highest BCUT2D eigenvalue weighted by molar-refractivity contribution is 6.33. The Balaban J connectivity index is 1.98. The summed E-state index contributed by atoms with van der Waals surface area (Å²) < 4.78 is 5.48. The van der Waals surface area contributed by atoms with Gasteiger partial charge in [-0.15, -0.1) is 0 Å². The van der Waals surface area contributed by atoms with E-state index in [0.29, 0.717) is 5.92 Å². The molecule has 1 aliphatic heterocycles. The zero-order valence-electron chi connectivity index (χ0n) is 10.1. The van der Waals surface area contributed by atoms with Crippen LogP contribution in [0.15, 0.2) is 18.2 Å². The molecule has 4 nitrogen and oxygen atoms in total. The van der Waals surface area contributed by atoms with E-state index in [4.69, 9.17) is 21.4 Å². The molecule has 2 rings (SSSR count). The van der Waals surface area contributed by atoms with Gasteiger partial charge in [0, 0.05) is 24.8 Å². The van der Waals surface area contributed by atoms with Crippen LogP contribution in [-0.4, -0.2) is 30.3 Å². The first-order valence-corrected chi connectivity index (χ1v) is 6.34. The number of carboxylic acids is 1. The molecule has 1 heterocycles. The van der Waals surface area contributed by atoms with Crippen molar-refractivity contribution < 1.29 is 14.6 Å². The number of anilines is 1. The number of nitrogens with one attached hydrogen (secondary N) is 1. The Bertz CT molecular complexity index is 450. The van der Waals surface area contributed by atoms with Gasteiger partial charge in [0.2, 0.25) is 0 Å². The maximum Gasteiger partial charge on any atom is 0.337 e. The van der Waals surface area contributed by atoms with E-state index >= 15 is 0 Å². The fraction of sp³-hybridized carbons (Fsp3) is 0.462. The van der Waals surface area contributed by atoms with Crippen LogP contribution in [0.25, 0.3) is 0 Å². The minimum absolute atomic E-state index is 0.125. The molecule has 0 radical (unpaired) electrons. The van der Waals surface area contributed by atoms with Crippen LogP contribution in [0.2, 0.25) is 5.02 Å². The number of aromatic carboxylic acids is 1. The highest BCUT2D eigenvalue weighted by Crippen LogP contribution is 2.24. The predicted molar refractivity (Wildman–Crippen MR) is 70.4 cm³/mol. The van der Waals surface area contributed by atoms with Crippen LogP contribution in [0.4, 0.5) is 5.69 Å².